The topological polar surface area (TPSA) is 38.5 Å². The summed E-state index contributed by atoms with van der Waals surface area (Å²) in [7, 11) is 1.73. The summed E-state index contributed by atoms with van der Waals surface area (Å²) in [6.07, 6.45) is 1.28. The number of nitrogens with two attached hydrogens (primary N) is 1. The van der Waals surface area contributed by atoms with Crippen LogP contribution < -0.4 is 5.73 Å². The van der Waals surface area contributed by atoms with Crippen molar-refractivity contribution in [3.63, 3.8) is 0 Å². The van der Waals surface area contributed by atoms with E-state index >= 15 is 0 Å². The Labute approximate surface area is 124 Å². The lowest BCUT2D eigenvalue weighted by Crippen LogP contribution is -2.43. The van der Waals surface area contributed by atoms with Gasteiger partial charge >= 0.3 is 0 Å². The molecular formula is C15H21FN2OS. The molecule has 1 aromatic rings. The van der Waals surface area contributed by atoms with Gasteiger partial charge in [-0.05, 0) is 37.1 Å². The lowest BCUT2D eigenvalue weighted by atomic mass is 9.95. The van der Waals surface area contributed by atoms with Crippen molar-refractivity contribution in [2.75, 3.05) is 20.2 Å². The van der Waals surface area contributed by atoms with Crippen molar-refractivity contribution in [2.45, 2.75) is 26.0 Å². The van der Waals surface area contributed by atoms with Gasteiger partial charge in [0.25, 0.3) is 0 Å². The number of hydrogen-bond donors (Lipinski definition) is 1. The Balaban J connectivity index is 2.10. The third kappa shape index (κ3) is 3.53. The van der Waals surface area contributed by atoms with E-state index in [1.807, 2.05) is 0 Å². The molecule has 1 aromatic carbocycles. The largest absolute Gasteiger partial charge is 0.389 e. The van der Waals surface area contributed by atoms with Crippen molar-refractivity contribution < 1.29 is 9.13 Å². The van der Waals surface area contributed by atoms with Crippen molar-refractivity contribution >= 4 is 17.2 Å². The van der Waals surface area contributed by atoms with E-state index < -0.39 is 0 Å². The average molecular weight is 296 g/mol. The molecule has 0 spiro atoms. The zero-order valence-electron chi connectivity index (χ0n) is 11.9. The van der Waals surface area contributed by atoms with Crippen molar-refractivity contribution in [2.24, 2.45) is 11.7 Å². The summed E-state index contributed by atoms with van der Waals surface area (Å²) in [5.41, 5.74) is 6.95. The molecule has 2 unspecified atom stereocenters. The molecule has 1 heterocycles. The molecular weight excluding hydrogens is 275 g/mol. The van der Waals surface area contributed by atoms with E-state index in [9.17, 15) is 4.39 Å². The molecule has 2 N–H and O–H groups in total. The molecule has 1 saturated heterocycles. The van der Waals surface area contributed by atoms with Gasteiger partial charge in [-0.15, -0.1) is 0 Å². The number of likely N-dealkylation sites (tertiary alicyclic amines) is 1. The maximum Gasteiger partial charge on any atom is 0.127 e. The molecule has 5 heteroatoms. The Morgan fingerprint density at radius 2 is 2.30 bits per heavy atom. The number of nitrogens with zero attached hydrogens (tertiary/aromatic N) is 1. The van der Waals surface area contributed by atoms with Gasteiger partial charge < -0.3 is 10.5 Å². The lowest BCUT2D eigenvalue weighted by Gasteiger charge is -2.36. The van der Waals surface area contributed by atoms with Crippen molar-refractivity contribution in [3.05, 3.63) is 35.1 Å². The first-order valence-corrected chi connectivity index (χ1v) is 7.25. The third-order valence-electron chi connectivity index (χ3n) is 4.00. The zero-order chi connectivity index (χ0) is 14.7. The minimum atomic E-state index is -0.211. The van der Waals surface area contributed by atoms with Crippen LogP contribution in [0, 0.1) is 11.7 Å². The number of ether oxygens (including phenoxy) is 1. The molecule has 1 fully saturated rings. The molecule has 0 amide bonds. The summed E-state index contributed by atoms with van der Waals surface area (Å²) in [5.74, 6) is 0.335. The van der Waals surface area contributed by atoms with Crippen molar-refractivity contribution in [3.8, 4) is 0 Å². The fraction of sp³-hybridized carbons (Fsp3) is 0.533. The maximum atomic E-state index is 13.9. The molecule has 0 radical (unpaired) electrons. The van der Waals surface area contributed by atoms with Gasteiger partial charge in [-0.2, -0.15) is 0 Å². The first-order chi connectivity index (χ1) is 9.51. The van der Waals surface area contributed by atoms with Crippen LogP contribution in [0.15, 0.2) is 18.2 Å². The minimum absolute atomic E-state index is 0.211. The number of methoxy groups -OCH3 is 1. The van der Waals surface area contributed by atoms with Crippen molar-refractivity contribution in [1.29, 1.82) is 0 Å². The second-order valence-electron chi connectivity index (χ2n) is 5.45. The van der Waals surface area contributed by atoms with Crippen LogP contribution in [0.2, 0.25) is 0 Å². The molecule has 0 aliphatic carbocycles. The highest BCUT2D eigenvalue weighted by Crippen LogP contribution is 2.22. The SMILES string of the molecule is COC1CN(Cc2cc(C(N)=S)ccc2F)CCC1C. The predicted octanol–water partition coefficient (Wildman–Crippen LogP) is 2.32. The average Bonchev–Trinajstić information content (AvgIpc) is 2.43. The summed E-state index contributed by atoms with van der Waals surface area (Å²) < 4.78 is 19.4. The second-order valence-corrected chi connectivity index (χ2v) is 5.89. The highest BCUT2D eigenvalue weighted by Gasteiger charge is 2.26. The Morgan fingerprint density at radius 1 is 1.55 bits per heavy atom. The van der Waals surface area contributed by atoms with E-state index in [0.29, 0.717) is 28.6 Å². The van der Waals surface area contributed by atoms with Crippen LogP contribution >= 0.6 is 12.2 Å². The Bertz CT molecular complexity index is 495. The monoisotopic (exact) mass is 296 g/mol. The summed E-state index contributed by atoms with van der Waals surface area (Å²) in [4.78, 5) is 2.52. The van der Waals surface area contributed by atoms with E-state index in [1.165, 1.54) is 6.07 Å². The minimum Gasteiger partial charge on any atom is -0.389 e. The fourth-order valence-electron chi connectivity index (χ4n) is 2.64. The number of benzene rings is 1. The molecule has 20 heavy (non-hydrogen) atoms. The fourth-order valence-corrected chi connectivity index (χ4v) is 2.77. The Kier molecular flexibility index (Phi) is 5.07. The number of halogens is 1. The van der Waals surface area contributed by atoms with Crippen LogP contribution in [0.5, 0.6) is 0 Å². The van der Waals surface area contributed by atoms with Gasteiger partial charge in [-0.25, -0.2) is 4.39 Å². The van der Waals surface area contributed by atoms with Gasteiger partial charge in [0.05, 0.1) is 6.10 Å². The zero-order valence-corrected chi connectivity index (χ0v) is 12.8. The molecule has 3 nitrogen and oxygen atoms in total. The van der Waals surface area contributed by atoms with Crippen molar-refractivity contribution in [1.82, 2.24) is 4.90 Å². The van der Waals surface area contributed by atoms with Crippen LogP contribution in [-0.4, -0.2) is 36.2 Å². The Hall–Kier alpha value is -1.04. The van der Waals surface area contributed by atoms with Gasteiger partial charge in [0, 0.05) is 31.3 Å². The predicted molar refractivity (Wildman–Crippen MR) is 82.1 cm³/mol. The van der Waals surface area contributed by atoms with Crippen LogP contribution in [-0.2, 0) is 11.3 Å². The number of rotatable bonds is 4. The quantitative estimate of drug-likeness (QED) is 0.866. The first-order valence-electron chi connectivity index (χ1n) is 6.84. The lowest BCUT2D eigenvalue weighted by molar-refractivity contribution is -0.00772. The van der Waals surface area contributed by atoms with E-state index in [-0.39, 0.29) is 11.9 Å². The highest BCUT2D eigenvalue weighted by atomic mass is 32.1. The van der Waals surface area contributed by atoms with E-state index in [1.54, 1.807) is 19.2 Å². The molecule has 2 rings (SSSR count). The summed E-state index contributed by atoms with van der Waals surface area (Å²) >= 11 is 4.94. The molecule has 1 aliphatic rings. The summed E-state index contributed by atoms with van der Waals surface area (Å²) in [5, 5.41) is 0. The number of thiocarbonyl (C=S) groups is 1. The van der Waals surface area contributed by atoms with Crippen LogP contribution in [0.3, 0.4) is 0 Å². The standard InChI is InChI=1S/C15H21FN2OS/c1-10-5-6-18(9-14(10)19-2)8-12-7-11(15(17)20)3-4-13(12)16/h3-4,7,10,14H,5-6,8-9H2,1-2H3,(H2,17,20). The molecule has 2 atom stereocenters. The highest BCUT2D eigenvalue weighted by molar-refractivity contribution is 7.80. The van der Waals surface area contributed by atoms with Crippen LogP contribution in [0.25, 0.3) is 0 Å². The van der Waals surface area contributed by atoms with Gasteiger partial charge in [0.1, 0.15) is 10.8 Å². The van der Waals surface area contributed by atoms with Gasteiger partial charge in [0.2, 0.25) is 0 Å². The van der Waals surface area contributed by atoms with Gasteiger partial charge in [-0.3, -0.25) is 4.90 Å². The Morgan fingerprint density at radius 3 is 2.95 bits per heavy atom. The summed E-state index contributed by atoms with van der Waals surface area (Å²) in [6, 6.07) is 4.80. The van der Waals surface area contributed by atoms with E-state index in [4.69, 9.17) is 22.7 Å². The molecule has 0 aromatic heterocycles. The van der Waals surface area contributed by atoms with Crippen LogP contribution in [0.1, 0.15) is 24.5 Å². The molecule has 0 bridgehead atoms. The molecule has 1 aliphatic heterocycles. The molecule has 110 valence electrons. The smallest absolute Gasteiger partial charge is 0.127 e. The van der Waals surface area contributed by atoms with Gasteiger partial charge in [0.15, 0.2) is 0 Å². The maximum absolute atomic E-state index is 13.9. The normalized spacial score (nSPS) is 23.8. The number of hydrogen-bond acceptors (Lipinski definition) is 3. The number of piperidine rings is 1. The van der Waals surface area contributed by atoms with Gasteiger partial charge in [-0.1, -0.05) is 19.1 Å². The third-order valence-corrected chi connectivity index (χ3v) is 4.24. The molecule has 0 saturated carbocycles. The van der Waals surface area contributed by atoms with E-state index in [0.717, 1.165) is 19.5 Å². The van der Waals surface area contributed by atoms with Crippen LogP contribution in [0.4, 0.5) is 4.39 Å². The van der Waals surface area contributed by atoms with E-state index in [2.05, 4.69) is 11.8 Å². The first kappa shape index (κ1) is 15.4. The second kappa shape index (κ2) is 6.61. The summed E-state index contributed by atoms with van der Waals surface area (Å²) in [6.45, 7) is 4.54.